The summed E-state index contributed by atoms with van der Waals surface area (Å²) >= 11 is 0. The van der Waals surface area contributed by atoms with Crippen molar-refractivity contribution >= 4 is 16.9 Å². The highest BCUT2D eigenvalue weighted by atomic mass is 19.1. The van der Waals surface area contributed by atoms with Gasteiger partial charge in [0, 0.05) is 44.0 Å². The molecule has 0 amide bonds. The maximum absolute atomic E-state index is 14.7. The summed E-state index contributed by atoms with van der Waals surface area (Å²) in [6, 6.07) is 17.8. The molecule has 4 aromatic rings. The third-order valence-electron chi connectivity index (χ3n) is 7.95. The highest BCUT2D eigenvalue weighted by molar-refractivity contribution is 5.88. The predicted octanol–water partition coefficient (Wildman–Crippen LogP) is 4.05. The molecule has 3 heterocycles. The largest absolute Gasteiger partial charge is 0.389 e. The Kier molecular flexibility index (Phi) is 6.63. The van der Waals surface area contributed by atoms with Gasteiger partial charge in [0.2, 0.25) is 0 Å². The number of fused-ring (bicyclic) bond motifs is 1. The molecule has 2 atom stereocenters. The quantitative estimate of drug-likeness (QED) is 0.369. The van der Waals surface area contributed by atoms with Crippen molar-refractivity contribution in [3.8, 4) is 0 Å². The van der Waals surface area contributed by atoms with Crippen molar-refractivity contribution in [2.24, 2.45) is 0 Å². The Morgan fingerprint density at radius 3 is 2.66 bits per heavy atom. The topological polar surface area (TPSA) is 77.7 Å². The molecule has 1 aliphatic carbocycles. The van der Waals surface area contributed by atoms with Gasteiger partial charge in [0.15, 0.2) is 0 Å². The second-order valence-corrected chi connectivity index (χ2v) is 10.9. The molecule has 1 saturated heterocycles. The molecule has 2 aromatic carbocycles. The van der Waals surface area contributed by atoms with Crippen LogP contribution in [0.2, 0.25) is 0 Å². The number of anilines is 1. The van der Waals surface area contributed by atoms with Gasteiger partial charge in [0.05, 0.1) is 18.0 Å². The van der Waals surface area contributed by atoms with Gasteiger partial charge < -0.3 is 19.7 Å². The molecule has 198 valence electrons. The van der Waals surface area contributed by atoms with Gasteiger partial charge in [-0.2, -0.15) is 0 Å². The molecule has 1 aliphatic heterocycles. The molecule has 2 aromatic heterocycles. The van der Waals surface area contributed by atoms with Crippen molar-refractivity contribution in [1.29, 1.82) is 0 Å². The van der Waals surface area contributed by atoms with E-state index in [4.69, 9.17) is 0 Å². The van der Waals surface area contributed by atoms with Crippen molar-refractivity contribution in [2.75, 3.05) is 18.0 Å². The van der Waals surface area contributed by atoms with Gasteiger partial charge in [-0.15, -0.1) is 0 Å². The zero-order valence-electron chi connectivity index (χ0n) is 21.7. The average molecular weight is 516 g/mol. The fraction of sp³-hybridized carbons (Fsp3) is 0.400. The Labute approximate surface area is 222 Å². The highest BCUT2D eigenvalue weighted by Gasteiger charge is 2.41. The van der Waals surface area contributed by atoms with E-state index in [2.05, 4.69) is 31.9 Å². The first-order valence-corrected chi connectivity index (χ1v) is 13.4. The van der Waals surface area contributed by atoms with Crippen molar-refractivity contribution < 1.29 is 14.6 Å². The van der Waals surface area contributed by atoms with Gasteiger partial charge in [-0.3, -0.25) is 4.90 Å². The van der Waals surface area contributed by atoms with Crippen molar-refractivity contribution in [3.05, 3.63) is 89.6 Å². The smallest absolute Gasteiger partial charge is 0.145 e. The van der Waals surface area contributed by atoms with Crippen molar-refractivity contribution in [2.45, 2.75) is 63.6 Å². The Morgan fingerprint density at radius 2 is 1.92 bits per heavy atom. The van der Waals surface area contributed by atoms with E-state index in [1.807, 2.05) is 54.1 Å². The lowest BCUT2D eigenvalue weighted by atomic mass is 9.88. The second-order valence-electron chi connectivity index (χ2n) is 10.9. The van der Waals surface area contributed by atoms with Gasteiger partial charge in [0.1, 0.15) is 29.2 Å². The first-order valence-electron chi connectivity index (χ1n) is 13.4. The minimum Gasteiger partial charge on any atom is -0.389 e. The fourth-order valence-electron chi connectivity index (χ4n) is 5.56. The number of rotatable bonds is 8. The first kappa shape index (κ1) is 25.0. The number of nitrogens with zero attached hydrogens (tertiary/aromatic N) is 5. The molecule has 0 spiro atoms. The summed E-state index contributed by atoms with van der Waals surface area (Å²) in [5.74, 6) is 0.579. The molecular weight excluding hydrogens is 481 g/mol. The van der Waals surface area contributed by atoms with E-state index in [-0.39, 0.29) is 12.4 Å². The molecule has 1 saturated carbocycles. The molecule has 0 radical (unpaired) electrons. The van der Waals surface area contributed by atoms with E-state index in [0.29, 0.717) is 43.3 Å². The normalized spacial score (nSPS) is 22.2. The zero-order chi connectivity index (χ0) is 26.3. The number of aliphatic hydroxyl groups is 2. The number of piperidine rings is 1. The number of aryl methyl sites for hydroxylation is 1. The summed E-state index contributed by atoms with van der Waals surface area (Å²) in [6.45, 7) is 4.41. The molecule has 7 nitrogen and oxygen atoms in total. The second kappa shape index (κ2) is 10.1. The van der Waals surface area contributed by atoms with Crippen LogP contribution in [0.5, 0.6) is 0 Å². The predicted molar refractivity (Wildman–Crippen MR) is 145 cm³/mol. The number of aromatic nitrogens is 3. The van der Waals surface area contributed by atoms with Crippen molar-refractivity contribution in [1.82, 2.24) is 19.4 Å². The summed E-state index contributed by atoms with van der Waals surface area (Å²) in [7, 11) is 0. The van der Waals surface area contributed by atoms with Crippen LogP contribution in [0.3, 0.4) is 0 Å². The van der Waals surface area contributed by atoms with Crippen LogP contribution in [0.25, 0.3) is 11.0 Å². The van der Waals surface area contributed by atoms with E-state index in [1.165, 1.54) is 11.9 Å². The summed E-state index contributed by atoms with van der Waals surface area (Å²) in [5, 5.41) is 23.4. The summed E-state index contributed by atoms with van der Waals surface area (Å²) in [6.07, 6.45) is 5.11. The SMILES string of the molecule is Cc1ccc(CN(c2ncnc3c2ccn3CC2(O)CCN(Cc3ccccc3)CC2O)C2CC2)c(F)c1. The minimum atomic E-state index is -1.26. The van der Waals surface area contributed by atoms with E-state index in [1.54, 1.807) is 6.07 Å². The zero-order valence-corrected chi connectivity index (χ0v) is 21.7. The molecular formula is C30H34FN5O2. The van der Waals surface area contributed by atoms with E-state index >= 15 is 0 Å². The van der Waals surface area contributed by atoms with Crippen LogP contribution in [0.1, 0.15) is 36.0 Å². The molecule has 2 N–H and O–H groups in total. The molecule has 2 fully saturated rings. The summed E-state index contributed by atoms with van der Waals surface area (Å²) in [5.41, 5.74) is 2.19. The van der Waals surface area contributed by atoms with E-state index < -0.39 is 11.7 Å². The van der Waals surface area contributed by atoms with Crippen LogP contribution in [-0.4, -0.2) is 60.5 Å². The number of hydrogen-bond acceptors (Lipinski definition) is 6. The molecule has 6 rings (SSSR count). The summed E-state index contributed by atoms with van der Waals surface area (Å²) < 4.78 is 16.6. The number of benzene rings is 2. The molecule has 38 heavy (non-hydrogen) atoms. The number of likely N-dealkylation sites (tertiary alicyclic amines) is 1. The third-order valence-corrected chi connectivity index (χ3v) is 7.95. The van der Waals surface area contributed by atoms with Gasteiger partial charge in [-0.05, 0) is 49.4 Å². The number of β-amino-alcohol motifs (C(OH)–C–C–N with tert-alkyl or cyclic N) is 1. The van der Waals surface area contributed by atoms with Gasteiger partial charge >= 0.3 is 0 Å². The molecule has 2 aliphatic rings. The standard InChI is InChI=1S/C30H34FN5O2/c1-21-7-8-23(26(31)15-21)17-36(24-9-10-24)29-25-11-13-35(28(25)32-20-33-29)19-30(38)12-14-34(18-27(30)37)16-22-5-3-2-4-6-22/h2-8,11,13,15,20,24,27,37-38H,9-10,12,14,16-19H2,1H3. The lowest BCUT2D eigenvalue weighted by Gasteiger charge is -2.42. The molecule has 8 heteroatoms. The molecule has 0 bridgehead atoms. The monoisotopic (exact) mass is 515 g/mol. The van der Waals surface area contributed by atoms with Crippen molar-refractivity contribution in [3.63, 3.8) is 0 Å². The lowest BCUT2D eigenvalue weighted by molar-refractivity contribution is -0.128. The van der Waals surface area contributed by atoms with Gasteiger partial charge in [-0.1, -0.05) is 42.5 Å². The van der Waals surface area contributed by atoms with Crippen LogP contribution in [0.15, 0.2) is 67.1 Å². The number of halogens is 1. The lowest BCUT2D eigenvalue weighted by Crippen LogP contribution is -2.57. The highest BCUT2D eigenvalue weighted by Crippen LogP contribution is 2.36. The summed E-state index contributed by atoms with van der Waals surface area (Å²) in [4.78, 5) is 13.5. The van der Waals surface area contributed by atoms with E-state index in [9.17, 15) is 14.6 Å². The van der Waals surface area contributed by atoms with Crippen LogP contribution < -0.4 is 4.90 Å². The Bertz CT molecular complexity index is 1420. The third kappa shape index (κ3) is 5.04. The minimum absolute atomic E-state index is 0.201. The molecule has 2 unspecified atom stereocenters. The van der Waals surface area contributed by atoms with Crippen LogP contribution in [-0.2, 0) is 19.6 Å². The number of hydrogen-bond donors (Lipinski definition) is 2. The first-order chi connectivity index (χ1) is 18.4. The van der Waals surface area contributed by atoms with Gasteiger partial charge in [-0.25, -0.2) is 14.4 Å². The van der Waals surface area contributed by atoms with E-state index in [0.717, 1.165) is 36.2 Å². The Hall–Kier alpha value is -3.33. The Morgan fingerprint density at radius 1 is 1.11 bits per heavy atom. The van der Waals surface area contributed by atoms with Crippen LogP contribution in [0.4, 0.5) is 10.2 Å². The average Bonchev–Trinajstić information content (AvgIpc) is 3.67. The number of aliphatic hydroxyl groups excluding tert-OH is 1. The van der Waals surface area contributed by atoms with Crippen LogP contribution in [0, 0.1) is 12.7 Å². The fourth-order valence-corrected chi connectivity index (χ4v) is 5.56. The maximum Gasteiger partial charge on any atom is 0.145 e. The van der Waals surface area contributed by atoms with Crippen LogP contribution >= 0.6 is 0 Å². The van der Waals surface area contributed by atoms with Gasteiger partial charge in [0.25, 0.3) is 0 Å². The Balaban J connectivity index is 1.22. The maximum atomic E-state index is 14.7.